The average Bonchev–Trinajstić information content (AvgIpc) is 3.02. The summed E-state index contributed by atoms with van der Waals surface area (Å²) in [7, 11) is 1.76. The van der Waals surface area contributed by atoms with Crippen LogP contribution in [-0.2, 0) is 9.53 Å². The lowest BCUT2D eigenvalue weighted by Crippen LogP contribution is -2.50. The van der Waals surface area contributed by atoms with Gasteiger partial charge >= 0.3 is 0 Å². The van der Waals surface area contributed by atoms with E-state index < -0.39 is 0 Å². The Morgan fingerprint density at radius 3 is 2.74 bits per heavy atom. The molecule has 2 aliphatic heterocycles. The van der Waals surface area contributed by atoms with Crippen LogP contribution in [-0.4, -0.2) is 48.7 Å². The summed E-state index contributed by atoms with van der Waals surface area (Å²) in [5.41, 5.74) is -0.132. The number of amides is 1. The zero-order valence-corrected chi connectivity index (χ0v) is 12.0. The summed E-state index contributed by atoms with van der Waals surface area (Å²) >= 11 is 0. The number of carbonyl (C=O) groups is 1. The second-order valence-electron chi connectivity index (χ2n) is 6.42. The van der Waals surface area contributed by atoms with E-state index in [-0.39, 0.29) is 5.60 Å². The number of ether oxygens (including phenoxy) is 1. The molecule has 0 bridgehead atoms. The van der Waals surface area contributed by atoms with Gasteiger partial charge in [-0.2, -0.15) is 0 Å². The van der Waals surface area contributed by atoms with Gasteiger partial charge < -0.3 is 15.0 Å². The molecule has 2 heterocycles. The van der Waals surface area contributed by atoms with Crippen LogP contribution in [0.4, 0.5) is 0 Å². The molecule has 1 amide bonds. The fourth-order valence-electron chi connectivity index (χ4n) is 3.96. The number of hydrogen-bond acceptors (Lipinski definition) is 3. The van der Waals surface area contributed by atoms with Crippen molar-refractivity contribution in [3.63, 3.8) is 0 Å². The summed E-state index contributed by atoms with van der Waals surface area (Å²) < 4.78 is 5.60. The Morgan fingerprint density at radius 1 is 1.32 bits per heavy atom. The van der Waals surface area contributed by atoms with Crippen molar-refractivity contribution in [2.24, 2.45) is 0 Å². The summed E-state index contributed by atoms with van der Waals surface area (Å²) in [6.45, 7) is 2.06. The third-order valence-electron chi connectivity index (χ3n) is 5.35. The molecule has 4 heteroatoms. The first-order valence-electron chi connectivity index (χ1n) is 7.82. The SMILES string of the molecule is COC1(CC(=O)N2CCCC2C2CCCN2)CCC1. The molecule has 3 fully saturated rings. The number of carbonyl (C=O) groups excluding carboxylic acids is 1. The molecule has 0 aromatic rings. The van der Waals surface area contributed by atoms with Gasteiger partial charge in [-0.25, -0.2) is 0 Å². The van der Waals surface area contributed by atoms with E-state index in [1.807, 2.05) is 0 Å². The molecule has 0 spiro atoms. The van der Waals surface area contributed by atoms with Crippen molar-refractivity contribution < 1.29 is 9.53 Å². The molecule has 1 N–H and O–H groups in total. The zero-order chi connectivity index (χ0) is 13.3. The second-order valence-corrected chi connectivity index (χ2v) is 6.42. The van der Waals surface area contributed by atoms with Crippen molar-refractivity contribution >= 4 is 5.91 Å². The van der Waals surface area contributed by atoms with Crippen molar-refractivity contribution in [2.75, 3.05) is 20.2 Å². The molecule has 19 heavy (non-hydrogen) atoms. The Kier molecular flexibility index (Phi) is 3.81. The van der Waals surface area contributed by atoms with Gasteiger partial charge in [0.05, 0.1) is 12.0 Å². The van der Waals surface area contributed by atoms with Crippen molar-refractivity contribution in [3.8, 4) is 0 Å². The molecular weight excluding hydrogens is 240 g/mol. The third kappa shape index (κ3) is 2.52. The van der Waals surface area contributed by atoms with Crippen LogP contribution in [0.1, 0.15) is 51.4 Å². The Bertz CT molecular complexity index is 330. The van der Waals surface area contributed by atoms with Gasteiger partial charge in [0, 0.05) is 25.7 Å². The van der Waals surface area contributed by atoms with E-state index in [0.717, 1.165) is 32.4 Å². The summed E-state index contributed by atoms with van der Waals surface area (Å²) in [6, 6.07) is 0.968. The molecule has 4 nitrogen and oxygen atoms in total. The first-order valence-corrected chi connectivity index (χ1v) is 7.82. The standard InChI is InChI=1S/C15H26N2O2/c1-19-15(7-4-8-15)11-14(18)17-10-3-6-13(17)12-5-2-9-16-12/h12-13,16H,2-11H2,1H3. The fourth-order valence-corrected chi connectivity index (χ4v) is 3.96. The molecule has 0 aromatic carbocycles. The van der Waals surface area contributed by atoms with Gasteiger partial charge in [0.1, 0.15) is 0 Å². The number of likely N-dealkylation sites (tertiary alicyclic amines) is 1. The van der Waals surface area contributed by atoms with Crippen LogP contribution in [0.15, 0.2) is 0 Å². The maximum atomic E-state index is 12.6. The number of nitrogens with one attached hydrogen (secondary N) is 1. The predicted octanol–water partition coefficient (Wildman–Crippen LogP) is 1.69. The molecule has 3 rings (SSSR count). The molecule has 108 valence electrons. The maximum Gasteiger partial charge on any atom is 0.225 e. The van der Waals surface area contributed by atoms with Gasteiger partial charge in [-0.05, 0) is 51.5 Å². The van der Waals surface area contributed by atoms with Crippen LogP contribution >= 0.6 is 0 Å². The highest BCUT2D eigenvalue weighted by Crippen LogP contribution is 2.39. The molecule has 2 atom stereocenters. The van der Waals surface area contributed by atoms with Gasteiger partial charge in [0.25, 0.3) is 0 Å². The minimum absolute atomic E-state index is 0.132. The summed E-state index contributed by atoms with van der Waals surface area (Å²) in [4.78, 5) is 14.7. The summed E-state index contributed by atoms with van der Waals surface area (Å²) in [6.07, 6.45) is 8.71. The molecule has 1 aliphatic carbocycles. The Hall–Kier alpha value is -0.610. The van der Waals surface area contributed by atoms with Gasteiger partial charge in [0.2, 0.25) is 5.91 Å². The van der Waals surface area contributed by atoms with E-state index in [4.69, 9.17) is 4.74 Å². The van der Waals surface area contributed by atoms with Crippen molar-refractivity contribution in [3.05, 3.63) is 0 Å². The number of hydrogen-bond donors (Lipinski definition) is 1. The van der Waals surface area contributed by atoms with Crippen molar-refractivity contribution in [2.45, 2.75) is 69.1 Å². The van der Waals surface area contributed by atoms with Crippen molar-refractivity contribution in [1.29, 1.82) is 0 Å². The molecular formula is C15H26N2O2. The zero-order valence-electron chi connectivity index (χ0n) is 12.0. The Balaban J connectivity index is 1.61. The monoisotopic (exact) mass is 266 g/mol. The quantitative estimate of drug-likeness (QED) is 0.842. The summed E-state index contributed by atoms with van der Waals surface area (Å²) in [5.74, 6) is 0.317. The Labute approximate surface area is 115 Å². The van der Waals surface area contributed by atoms with Gasteiger partial charge in [-0.15, -0.1) is 0 Å². The van der Waals surface area contributed by atoms with E-state index in [0.29, 0.717) is 24.4 Å². The van der Waals surface area contributed by atoms with Crippen LogP contribution in [0, 0.1) is 0 Å². The van der Waals surface area contributed by atoms with E-state index in [2.05, 4.69) is 10.2 Å². The number of methoxy groups -OCH3 is 1. The molecule has 2 saturated heterocycles. The van der Waals surface area contributed by atoms with Gasteiger partial charge in [-0.1, -0.05) is 0 Å². The van der Waals surface area contributed by atoms with E-state index >= 15 is 0 Å². The molecule has 1 saturated carbocycles. The normalized spacial score (nSPS) is 33.4. The largest absolute Gasteiger partial charge is 0.378 e. The second kappa shape index (κ2) is 5.41. The highest BCUT2D eigenvalue weighted by atomic mass is 16.5. The topological polar surface area (TPSA) is 41.6 Å². The molecule has 0 aromatic heterocycles. The van der Waals surface area contributed by atoms with Crippen LogP contribution in [0.2, 0.25) is 0 Å². The third-order valence-corrected chi connectivity index (χ3v) is 5.35. The molecule has 0 radical (unpaired) electrons. The summed E-state index contributed by atoms with van der Waals surface area (Å²) in [5, 5.41) is 3.56. The molecule has 3 aliphatic rings. The number of rotatable bonds is 4. The lowest BCUT2D eigenvalue weighted by molar-refractivity contribution is -0.145. The fraction of sp³-hybridized carbons (Fsp3) is 0.933. The van der Waals surface area contributed by atoms with E-state index in [9.17, 15) is 4.79 Å². The van der Waals surface area contributed by atoms with Crippen LogP contribution in [0.25, 0.3) is 0 Å². The average molecular weight is 266 g/mol. The minimum Gasteiger partial charge on any atom is -0.378 e. The van der Waals surface area contributed by atoms with Crippen LogP contribution < -0.4 is 5.32 Å². The van der Waals surface area contributed by atoms with Crippen molar-refractivity contribution in [1.82, 2.24) is 10.2 Å². The van der Waals surface area contributed by atoms with Crippen LogP contribution in [0.5, 0.6) is 0 Å². The van der Waals surface area contributed by atoms with E-state index in [1.54, 1.807) is 7.11 Å². The highest BCUT2D eigenvalue weighted by Gasteiger charge is 2.43. The smallest absolute Gasteiger partial charge is 0.225 e. The lowest BCUT2D eigenvalue weighted by atomic mass is 9.77. The lowest BCUT2D eigenvalue weighted by Gasteiger charge is -2.41. The number of nitrogens with zero attached hydrogens (tertiary/aromatic N) is 1. The van der Waals surface area contributed by atoms with E-state index in [1.165, 1.54) is 25.7 Å². The Morgan fingerprint density at radius 2 is 2.16 bits per heavy atom. The molecule has 2 unspecified atom stereocenters. The predicted molar refractivity (Wildman–Crippen MR) is 74.0 cm³/mol. The highest BCUT2D eigenvalue weighted by molar-refractivity contribution is 5.78. The first kappa shape index (κ1) is 13.4. The van der Waals surface area contributed by atoms with Gasteiger partial charge in [-0.3, -0.25) is 4.79 Å². The first-order chi connectivity index (χ1) is 9.24. The van der Waals surface area contributed by atoms with Crippen LogP contribution in [0.3, 0.4) is 0 Å². The van der Waals surface area contributed by atoms with Gasteiger partial charge in [0.15, 0.2) is 0 Å². The maximum absolute atomic E-state index is 12.6. The minimum atomic E-state index is -0.132.